The highest BCUT2D eigenvalue weighted by atomic mass is 35.5. The molecule has 0 amide bonds. The molecule has 0 saturated heterocycles. The minimum atomic E-state index is -4.09. The number of nitrogens with one attached hydrogen (secondary N) is 2. The molecule has 0 aliphatic rings. The number of halogens is 1. The Bertz CT molecular complexity index is 1290. The Hall–Kier alpha value is -3.96. The Morgan fingerprint density at radius 2 is 1.72 bits per heavy atom. The number of benzene rings is 3. The molecule has 0 aliphatic carbocycles. The Labute approximate surface area is 187 Å². The lowest BCUT2D eigenvalue weighted by Gasteiger charge is -2.09. The van der Waals surface area contributed by atoms with Crippen LogP contribution < -0.4 is 10.1 Å². The highest BCUT2D eigenvalue weighted by Crippen LogP contribution is 2.28. The van der Waals surface area contributed by atoms with Gasteiger partial charge in [-0.25, -0.2) is 13.2 Å². The third kappa shape index (κ3) is 5.59. The van der Waals surface area contributed by atoms with Gasteiger partial charge >= 0.3 is 5.97 Å². The topological polar surface area (TPSA) is 151 Å². The molecule has 0 saturated carbocycles. The largest absolute Gasteiger partial charge is 0.478 e. The maximum absolute atomic E-state index is 12.6. The van der Waals surface area contributed by atoms with Gasteiger partial charge in [0.1, 0.15) is 5.69 Å². The molecular formula is C20H15ClN4O6S. The second-order valence-corrected chi connectivity index (χ2v) is 8.46. The third-order valence-corrected chi connectivity index (χ3v) is 5.76. The Balaban J connectivity index is 1.80. The standard InChI is InChI=1S/C20H15ClN4O6S/c21-15-5-7-16(8-6-15)24-32(30,31)17-9-10-18(19(11-17)25(28)29)23-22-12-13-1-3-14(4-2-13)20(26)27/h1-12,23-24H,(H,26,27)/b22-12+. The zero-order valence-corrected chi connectivity index (χ0v) is 17.7. The fourth-order valence-corrected chi connectivity index (χ4v) is 3.75. The molecule has 0 spiro atoms. The molecule has 12 heteroatoms. The number of nitrogens with zero attached hydrogens (tertiary/aromatic N) is 2. The Morgan fingerprint density at radius 3 is 2.31 bits per heavy atom. The molecule has 0 unspecified atom stereocenters. The quantitative estimate of drug-likeness (QED) is 0.251. The van der Waals surface area contributed by atoms with Gasteiger partial charge in [-0.15, -0.1) is 0 Å². The van der Waals surface area contributed by atoms with Gasteiger partial charge < -0.3 is 5.11 Å². The van der Waals surface area contributed by atoms with Crippen LogP contribution in [0.4, 0.5) is 17.1 Å². The lowest BCUT2D eigenvalue weighted by Crippen LogP contribution is -2.13. The molecule has 3 N–H and O–H groups in total. The molecule has 10 nitrogen and oxygen atoms in total. The van der Waals surface area contributed by atoms with Crippen molar-refractivity contribution in [2.24, 2.45) is 5.10 Å². The van der Waals surface area contributed by atoms with Crippen LogP contribution in [-0.4, -0.2) is 30.6 Å². The number of sulfonamides is 1. The van der Waals surface area contributed by atoms with Crippen LogP contribution in [0.5, 0.6) is 0 Å². The van der Waals surface area contributed by atoms with Gasteiger partial charge in [0, 0.05) is 16.8 Å². The summed E-state index contributed by atoms with van der Waals surface area (Å²) in [5, 5.41) is 24.7. The number of nitro groups is 1. The summed E-state index contributed by atoms with van der Waals surface area (Å²) < 4.78 is 27.5. The van der Waals surface area contributed by atoms with Crippen LogP contribution in [-0.2, 0) is 10.0 Å². The SMILES string of the molecule is O=C(O)c1ccc(/C=N/Nc2ccc(S(=O)(=O)Nc3ccc(Cl)cc3)cc2[N+](=O)[O-])cc1. The van der Waals surface area contributed by atoms with Crippen molar-refractivity contribution in [3.63, 3.8) is 0 Å². The maximum atomic E-state index is 12.6. The van der Waals surface area contributed by atoms with Crippen molar-refractivity contribution in [2.75, 3.05) is 10.1 Å². The van der Waals surface area contributed by atoms with Gasteiger partial charge in [-0.1, -0.05) is 23.7 Å². The van der Waals surface area contributed by atoms with Crippen molar-refractivity contribution in [2.45, 2.75) is 4.90 Å². The molecule has 0 atom stereocenters. The summed E-state index contributed by atoms with van der Waals surface area (Å²) in [6.45, 7) is 0. The summed E-state index contributed by atoms with van der Waals surface area (Å²) in [7, 11) is -4.09. The zero-order chi connectivity index (χ0) is 23.3. The summed E-state index contributed by atoms with van der Waals surface area (Å²) in [5.74, 6) is -1.07. The fourth-order valence-electron chi connectivity index (χ4n) is 2.54. The maximum Gasteiger partial charge on any atom is 0.335 e. The van der Waals surface area contributed by atoms with Crippen LogP contribution in [0.25, 0.3) is 0 Å². The number of anilines is 2. The van der Waals surface area contributed by atoms with E-state index in [0.29, 0.717) is 10.6 Å². The molecule has 0 heterocycles. The van der Waals surface area contributed by atoms with Crippen LogP contribution in [0.15, 0.2) is 76.7 Å². The minimum absolute atomic E-state index is 0.0288. The average Bonchev–Trinajstić information content (AvgIpc) is 2.75. The second-order valence-electron chi connectivity index (χ2n) is 6.35. The lowest BCUT2D eigenvalue weighted by molar-refractivity contribution is -0.384. The van der Waals surface area contributed by atoms with Gasteiger partial charge in [0.15, 0.2) is 0 Å². The van der Waals surface area contributed by atoms with Gasteiger partial charge in [0.2, 0.25) is 0 Å². The van der Waals surface area contributed by atoms with Gasteiger partial charge in [-0.05, 0) is 54.1 Å². The number of carboxylic acid groups (broad SMARTS) is 1. The molecule has 3 aromatic rings. The van der Waals surface area contributed by atoms with Crippen LogP contribution in [0.1, 0.15) is 15.9 Å². The molecule has 164 valence electrons. The minimum Gasteiger partial charge on any atom is -0.478 e. The second kappa shape index (κ2) is 9.45. The van der Waals surface area contributed by atoms with Crippen molar-refractivity contribution in [1.82, 2.24) is 0 Å². The Kier molecular flexibility index (Phi) is 6.71. The van der Waals surface area contributed by atoms with Gasteiger partial charge in [0.05, 0.1) is 21.6 Å². The lowest BCUT2D eigenvalue weighted by atomic mass is 10.1. The van der Waals surface area contributed by atoms with Crippen molar-refractivity contribution < 1.29 is 23.2 Å². The van der Waals surface area contributed by atoms with Crippen molar-refractivity contribution in [3.8, 4) is 0 Å². The summed E-state index contributed by atoms with van der Waals surface area (Å²) >= 11 is 5.78. The summed E-state index contributed by atoms with van der Waals surface area (Å²) in [6, 6.07) is 15.1. The van der Waals surface area contributed by atoms with Crippen molar-refractivity contribution in [1.29, 1.82) is 0 Å². The first-order chi connectivity index (χ1) is 15.2. The van der Waals surface area contributed by atoms with E-state index in [4.69, 9.17) is 16.7 Å². The predicted molar refractivity (Wildman–Crippen MR) is 120 cm³/mol. The van der Waals surface area contributed by atoms with E-state index in [2.05, 4.69) is 15.2 Å². The first-order valence-corrected chi connectivity index (χ1v) is 10.7. The monoisotopic (exact) mass is 474 g/mol. The van der Waals surface area contributed by atoms with Gasteiger partial charge in [0.25, 0.3) is 15.7 Å². The normalized spacial score (nSPS) is 11.3. The van der Waals surface area contributed by atoms with E-state index in [0.717, 1.165) is 6.07 Å². The number of hydrogen-bond donors (Lipinski definition) is 3. The average molecular weight is 475 g/mol. The molecular weight excluding hydrogens is 460 g/mol. The number of aromatic carboxylic acids is 1. The van der Waals surface area contributed by atoms with Crippen LogP contribution in [0.3, 0.4) is 0 Å². The summed E-state index contributed by atoms with van der Waals surface area (Å²) in [6.07, 6.45) is 1.34. The molecule has 3 rings (SSSR count). The smallest absolute Gasteiger partial charge is 0.335 e. The van der Waals surface area contributed by atoms with E-state index >= 15 is 0 Å². The number of nitro benzene ring substituents is 1. The molecule has 0 radical (unpaired) electrons. The highest BCUT2D eigenvalue weighted by Gasteiger charge is 2.21. The van der Waals surface area contributed by atoms with Crippen molar-refractivity contribution >= 4 is 50.9 Å². The van der Waals surface area contributed by atoms with Crippen molar-refractivity contribution in [3.05, 3.63) is 93.0 Å². The first-order valence-electron chi connectivity index (χ1n) is 8.85. The molecule has 3 aromatic carbocycles. The van der Waals surface area contributed by atoms with Crippen LogP contribution in [0, 0.1) is 10.1 Å². The van der Waals surface area contributed by atoms with Crippen LogP contribution >= 0.6 is 11.6 Å². The molecule has 0 aromatic heterocycles. The Morgan fingerprint density at radius 1 is 1.06 bits per heavy atom. The summed E-state index contributed by atoms with van der Waals surface area (Å²) in [5.41, 5.74) is 2.88. The number of hydrogen-bond acceptors (Lipinski definition) is 7. The van der Waals surface area contributed by atoms with E-state index < -0.39 is 26.6 Å². The van der Waals surface area contributed by atoms with Gasteiger partial charge in [-0.3, -0.25) is 20.3 Å². The third-order valence-electron chi connectivity index (χ3n) is 4.13. The fraction of sp³-hybridized carbons (Fsp3) is 0. The summed E-state index contributed by atoms with van der Waals surface area (Å²) in [4.78, 5) is 21.3. The predicted octanol–water partition coefficient (Wildman–Crippen LogP) is 4.19. The number of carboxylic acids is 1. The number of hydrazone groups is 1. The van der Waals surface area contributed by atoms with Crippen LogP contribution in [0.2, 0.25) is 5.02 Å². The highest BCUT2D eigenvalue weighted by molar-refractivity contribution is 7.92. The molecule has 32 heavy (non-hydrogen) atoms. The van der Waals surface area contributed by atoms with E-state index in [-0.39, 0.29) is 21.8 Å². The van der Waals surface area contributed by atoms with Gasteiger partial charge in [-0.2, -0.15) is 5.10 Å². The van der Waals surface area contributed by atoms with E-state index in [1.165, 1.54) is 66.9 Å². The number of rotatable bonds is 8. The zero-order valence-electron chi connectivity index (χ0n) is 16.1. The van der Waals surface area contributed by atoms with E-state index in [9.17, 15) is 23.3 Å². The first kappa shape index (κ1) is 22.7. The molecule has 0 fully saturated rings. The number of carbonyl (C=O) groups is 1. The molecule has 0 bridgehead atoms. The van der Waals surface area contributed by atoms with E-state index in [1.807, 2.05) is 0 Å². The molecule has 0 aliphatic heterocycles. The van der Waals surface area contributed by atoms with E-state index in [1.54, 1.807) is 0 Å².